The van der Waals surface area contributed by atoms with E-state index in [1.54, 1.807) is 34.6 Å². The maximum Gasteiger partial charge on any atom is 0.284 e. The van der Waals surface area contributed by atoms with Gasteiger partial charge in [-0.25, -0.2) is 4.68 Å². The number of nitrogens with one attached hydrogen (secondary N) is 1. The molecular formula is C20H17N7O3S. The van der Waals surface area contributed by atoms with Crippen LogP contribution in [0.1, 0.15) is 15.9 Å². The Bertz CT molecular complexity index is 1240. The number of hydrogen-bond acceptors (Lipinski definition) is 7. The Morgan fingerprint density at radius 1 is 1.19 bits per heavy atom. The van der Waals surface area contributed by atoms with Crippen LogP contribution in [-0.4, -0.2) is 35.4 Å². The van der Waals surface area contributed by atoms with E-state index in [9.17, 15) is 14.9 Å². The SMILES string of the molecule is Cn1cnnc1Sc1ccc(C(=O)Nc2ccnn2Cc2ccccc2)cc1[N+](=O)[O-]. The van der Waals surface area contributed by atoms with Crippen molar-refractivity contribution in [3.05, 3.63) is 88.4 Å². The van der Waals surface area contributed by atoms with Crippen LogP contribution in [0.2, 0.25) is 0 Å². The minimum absolute atomic E-state index is 0.168. The summed E-state index contributed by atoms with van der Waals surface area (Å²) >= 11 is 1.11. The molecule has 0 fully saturated rings. The zero-order valence-electron chi connectivity index (χ0n) is 16.4. The molecule has 0 aliphatic heterocycles. The Labute approximate surface area is 181 Å². The van der Waals surface area contributed by atoms with Crippen molar-refractivity contribution in [2.75, 3.05) is 5.32 Å². The first-order valence-corrected chi connectivity index (χ1v) is 10.0. The molecule has 0 unspecified atom stereocenters. The van der Waals surface area contributed by atoms with Crippen LogP contribution in [0.4, 0.5) is 11.5 Å². The first-order valence-electron chi connectivity index (χ1n) is 9.18. The number of amides is 1. The van der Waals surface area contributed by atoms with E-state index in [2.05, 4.69) is 20.6 Å². The molecule has 0 spiro atoms. The fraction of sp³-hybridized carbons (Fsp3) is 0.100. The van der Waals surface area contributed by atoms with Crippen LogP contribution in [0.15, 0.2) is 77.2 Å². The van der Waals surface area contributed by atoms with E-state index in [0.29, 0.717) is 22.4 Å². The molecule has 0 aliphatic rings. The minimum atomic E-state index is -0.519. The Kier molecular flexibility index (Phi) is 5.76. The molecule has 2 aromatic heterocycles. The highest BCUT2D eigenvalue weighted by Gasteiger charge is 2.20. The van der Waals surface area contributed by atoms with Gasteiger partial charge in [-0.1, -0.05) is 30.3 Å². The normalized spacial score (nSPS) is 10.7. The number of nitrogens with zero attached hydrogens (tertiary/aromatic N) is 6. The third-order valence-corrected chi connectivity index (χ3v) is 5.54. The lowest BCUT2D eigenvalue weighted by molar-refractivity contribution is -0.387. The number of rotatable bonds is 7. The molecule has 0 saturated carbocycles. The molecule has 1 amide bonds. The van der Waals surface area contributed by atoms with E-state index in [1.165, 1.54) is 18.5 Å². The van der Waals surface area contributed by atoms with Crippen molar-refractivity contribution in [3.8, 4) is 0 Å². The molecule has 11 heteroatoms. The van der Waals surface area contributed by atoms with E-state index >= 15 is 0 Å². The zero-order valence-corrected chi connectivity index (χ0v) is 17.2. The fourth-order valence-electron chi connectivity index (χ4n) is 2.86. The Balaban J connectivity index is 1.54. The molecule has 0 aliphatic carbocycles. The minimum Gasteiger partial charge on any atom is -0.311 e. The van der Waals surface area contributed by atoms with Crippen molar-refractivity contribution in [1.29, 1.82) is 0 Å². The summed E-state index contributed by atoms with van der Waals surface area (Å²) in [4.78, 5) is 24.2. The highest BCUT2D eigenvalue weighted by atomic mass is 32.2. The highest BCUT2D eigenvalue weighted by Crippen LogP contribution is 2.34. The van der Waals surface area contributed by atoms with Gasteiger partial charge < -0.3 is 9.88 Å². The maximum atomic E-state index is 12.8. The van der Waals surface area contributed by atoms with Gasteiger partial charge in [0.05, 0.1) is 22.6 Å². The highest BCUT2D eigenvalue weighted by molar-refractivity contribution is 7.99. The lowest BCUT2D eigenvalue weighted by Gasteiger charge is -2.10. The van der Waals surface area contributed by atoms with E-state index in [-0.39, 0.29) is 11.3 Å². The Morgan fingerprint density at radius 3 is 2.71 bits per heavy atom. The second-order valence-electron chi connectivity index (χ2n) is 6.58. The number of benzene rings is 2. The lowest BCUT2D eigenvalue weighted by atomic mass is 10.2. The van der Waals surface area contributed by atoms with E-state index in [4.69, 9.17) is 0 Å². The number of nitro benzene ring substituents is 1. The number of aryl methyl sites for hydroxylation is 1. The fourth-order valence-corrected chi connectivity index (χ4v) is 3.71. The van der Waals surface area contributed by atoms with Crippen LogP contribution in [0.25, 0.3) is 0 Å². The number of anilines is 1. The molecule has 0 saturated heterocycles. The van der Waals surface area contributed by atoms with Crippen LogP contribution in [-0.2, 0) is 13.6 Å². The largest absolute Gasteiger partial charge is 0.311 e. The van der Waals surface area contributed by atoms with Gasteiger partial charge in [0.2, 0.25) is 0 Å². The van der Waals surface area contributed by atoms with Gasteiger partial charge in [0.25, 0.3) is 11.6 Å². The summed E-state index contributed by atoms with van der Waals surface area (Å²) in [5, 5.41) is 26.8. The molecule has 0 atom stereocenters. The summed E-state index contributed by atoms with van der Waals surface area (Å²) in [7, 11) is 1.74. The van der Waals surface area contributed by atoms with Gasteiger partial charge in [0.15, 0.2) is 5.16 Å². The molecule has 2 heterocycles. The monoisotopic (exact) mass is 435 g/mol. The molecule has 10 nitrogen and oxygen atoms in total. The Hall–Kier alpha value is -3.99. The Morgan fingerprint density at radius 2 is 2.00 bits per heavy atom. The van der Waals surface area contributed by atoms with Gasteiger partial charge in [-0.15, -0.1) is 10.2 Å². The topological polar surface area (TPSA) is 121 Å². The summed E-state index contributed by atoms with van der Waals surface area (Å²) < 4.78 is 3.31. The number of aromatic nitrogens is 5. The van der Waals surface area contributed by atoms with Gasteiger partial charge in [-0.2, -0.15) is 5.10 Å². The molecular weight excluding hydrogens is 418 g/mol. The summed E-state index contributed by atoms with van der Waals surface area (Å²) in [5.74, 6) is 0.0298. The molecule has 0 radical (unpaired) electrons. The molecule has 0 bridgehead atoms. The maximum absolute atomic E-state index is 12.8. The van der Waals surface area contributed by atoms with Crippen molar-refractivity contribution < 1.29 is 9.72 Å². The van der Waals surface area contributed by atoms with Crippen molar-refractivity contribution in [2.24, 2.45) is 7.05 Å². The van der Waals surface area contributed by atoms with E-state index in [1.807, 2.05) is 30.3 Å². The second-order valence-corrected chi connectivity index (χ2v) is 7.59. The first kappa shape index (κ1) is 20.3. The van der Waals surface area contributed by atoms with Gasteiger partial charge in [0.1, 0.15) is 12.1 Å². The second kappa shape index (κ2) is 8.79. The van der Waals surface area contributed by atoms with Crippen LogP contribution in [0.5, 0.6) is 0 Å². The number of hydrogen-bond donors (Lipinski definition) is 1. The van der Waals surface area contributed by atoms with E-state index in [0.717, 1.165) is 17.3 Å². The summed E-state index contributed by atoms with van der Waals surface area (Å²) in [6.07, 6.45) is 3.09. The van der Waals surface area contributed by atoms with Crippen molar-refractivity contribution in [2.45, 2.75) is 16.6 Å². The van der Waals surface area contributed by atoms with Gasteiger partial charge >= 0.3 is 0 Å². The number of carbonyl (C=O) groups excluding carboxylic acids is 1. The predicted molar refractivity (Wildman–Crippen MR) is 114 cm³/mol. The van der Waals surface area contributed by atoms with Crippen LogP contribution >= 0.6 is 11.8 Å². The third-order valence-electron chi connectivity index (χ3n) is 4.42. The zero-order chi connectivity index (χ0) is 21.8. The van der Waals surface area contributed by atoms with Crippen LogP contribution < -0.4 is 5.32 Å². The van der Waals surface area contributed by atoms with Crippen molar-refractivity contribution >= 4 is 29.2 Å². The van der Waals surface area contributed by atoms with Crippen LogP contribution in [0, 0.1) is 10.1 Å². The number of carbonyl (C=O) groups is 1. The molecule has 31 heavy (non-hydrogen) atoms. The molecule has 1 N–H and O–H groups in total. The standard InChI is InChI=1S/C20H17N7O3S/c1-25-13-21-24-20(25)31-17-8-7-15(11-16(17)27(29)30)19(28)23-18-9-10-22-26(18)12-14-5-3-2-4-6-14/h2-11,13H,12H2,1H3,(H,23,28). The van der Waals surface area contributed by atoms with Crippen molar-refractivity contribution in [3.63, 3.8) is 0 Å². The van der Waals surface area contributed by atoms with Gasteiger partial charge in [-0.3, -0.25) is 14.9 Å². The lowest BCUT2D eigenvalue weighted by Crippen LogP contribution is -2.16. The average Bonchev–Trinajstić information content (AvgIpc) is 3.37. The average molecular weight is 435 g/mol. The third kappa shape index (κ3) is 4.61. The molecule has 4 aromatic rings. The molecule has 2 aromatic carbocycles. The summed E-state index contributed by atoms with van der Waals surface area (Å²) in [6, 6.07) is 15.7. The quantitative estimate of drug-likeness (QED) is 0.349. The van der Waals surface area contributed by atoms with Gasteiger partial charge in [-0.05, 0) is 29.5 Å². The van der Waals surface area contributed by atoms with Gasteiger partial charge in [0, 0.05) is 24.7 Å². The summed E-state index contributed by atoms with van der Waals surface area (Å²) in [5.41, 5.74) is 1.02. The number of nitro groups is 1. The first-order chi connectivity index (χ1) is 15.0. The van der Waals surface area contributed by atoms with E-state index < -0.39 is 10.8 Å². The summed E-state index contributed by atoms with van der Waals surface area (Å²) in [6.45, 7) is 0.483. The molecule has 4 rings (SSSR count). The predicted octanol–water partition coefficient (Wildman–Crippen LogP) is 3.37. The smallest absolute Gasteiger partial charge is 0.284 e. The van der Waals surface area contributed by atoms with Crippen molar-refractivity contribution in [1.82, 2.24) is 24.5 Å². The van der Waals surface area contributed by atoms with Crippen LogP contribution in [0.3, 0.4) is 0 Å². The molecule has 156 valence electrons.